The van der Waals surface area contributed by atoms with Crippen molar-refractivity contribution in [2.24, 2.45) is 20.5 Å². The number of nitrogens with zero attached hydrogens (tertiary/aromatic N) is 4. The van der Waals surface area contributed by atoms with Crippen molar-refractivity contribution in [2.45, 2.75) is 5.66 Å². The summed E-state index contributed by atoms with van der Waals surface area (Å²) < 4.78 is 0. The van der Waals surface area contributed by atoms with Crippen LogP contribution < -0.4 is 10.6 Å². The first-order valence-corrected chi connectivity index (χ1v) is 7.23. The maximum atomic E-state index is 12.3. The second kappa shape index (κ2) is 6.79. The zero-order chi connectivity index (χ0) is 17.7. The molecule has 9 heteroatoms. The molecule has 2 N–H and O–H groups in total. The first-order chi connectivity index (χ1) is 12.1. The maximum absolute atomic E-state index is 12.3. The number of barbiturate groups is 1. The third-order valence-electron chi connectivity index (χ3n) is 3.22. The van der Waals surface area contributed by atoms with Crippen molar-refractivity contribution >= 4 is 29.2 Å². The summed E-state index contributed by atoms with van der Waals surface area (Å²) >= 11 is 0. The largest absolute Gasteiger partial charge is 0.345 e. The monoisotopic (exact) mass is 336 g/mol. The molecule has 1 aliphatic rings. The van der Waals surface area contributed by atoms with Gasteiger partial charge in [-0.25, -0.2) is 4.79 Å². The molecular weight excluding hydrogens is 324 g/mol. The van der Waals surface area contributed by atoms with E-state index < -0.39 is 23.5 Å². The zero-order valence-corrected chi connectivity index (χ0v) is 12.8. The minimum absolute atomic E-state index is 0.411. The Balaban J connectivity index is 2.00. The van der Waals surface area contributed by atoms with Gasteiger partial charge in [0.05, 0.1) is 11.4 Å². The Bertz CT molecular complexity index is 792. The zero-order valence-electron chi connectivity index (χ0n) is 12.8. The van der Waals surface area contributed by atoms with Gasteiger partial charge in [-0.2, -0.15) is 10.2 Å². The smallest absolute Gasteiger partial charge is 0.273 e. The third kappa shape index (κ3) is 3.44. The molecule has 0 aliphatic carbocycles. The van der Waals surface area contributed by atoms with Crippen molar-refractivity contribution in [3.05, 3.63) is 60.7 Å². The first-order valence-electron chi connectivity index (χ1n) is 7.23. The third-order valence-corrected chi connectivity index (χ3v) is 3.22. The van der Waals surface area contributed by atoms with Crippen LogP contribution in [0.2, 0.25) is 0 Å². The highest BCUT2D eigenvalue weighted by Gasteiger charge is 2.52. The topological polar surface area (TPSA) is 125 Å². The summed E-state index contributed by atoms with van der Waals surface area (Å²) in [5, 5.41) is 19.2. The lowest BCUT2D eigenvalue weighted by atomic mass is 10.1. The minimum Gasteiger partial charge on any atom is -0.273 e. The van der Waals surface area contributed by atoms with E-state index in [-0.39, 0.29) is 0 Å². The molecule has 0 bridgehead atoms. The Morgan fingerprint density at radius 3 is 1.44 bits per heavy atom. The highest BCUT2D eigenvalue weighted by molar-refractivity contribution is 6.22. The van der Waals surface area contributed by atoms with Crippen molar-refractivity contribution in [1.29, 1.82) is 0 Å². The average molecular weight is 336 g/mol. The molecule has 2 aromatic carbocycles. The number of amides is 4. The molecule has 25 heavy (non-hydrogen) atoms. The van der Waals surface area contributed by atoms with E-state index >= 15 is 0 Å². The lowest BCUT2D eigenvalue weighted by molar-refractivity contribution is -0.137. The summed E-state index contributed by atoms with van der Waals surface area (Å²) in [5.41, 5.74) is -1.50. The number of imide groups is 2. The van der Waals surface area contributed by atoms with Crippen LogP contribution in [-0.2, 0) is 9.59 Å². The van der Waals surface area contributed by atoms with E-state index in [2.05, 4.69) is 20.5 Å². The highest BCUT2D eigenvalue weighted by Crippen LogP contribution is 2.24. The highest BCUT2D eigenvalue weighted by atomic mass is 16.2. The fraction of sp³-hybridized carbons (Fsp3) is 0.0625. The molecule has 1 heterocycles. The van der Waals surface area contributed by atoms with Gasteiger partial charge in [0.1, 0.15) is 0 Å². The summed E-state index contributed by atoms with van der Waals surface area (Å²) in [5.74, 6) is -2.05. The number of hydrogen-bond acceptors (Lipinski definition) is 7. The van der Waals surface area contributed by atoms with Gasteiger partial charge in [-0.15, -0.1) is 10.2 Å². The first kappa shape index (κ1) is 16.1. The number of azo groups is 2. The molecule has 0 spiro atoms. The van der Waals surface area contributed by atoms with E-state index in [0.29, 0.717) is 11.4 Å². The van der Waals surface area contributed by atoms with E-state index in [9.17, 15) is 14.4 Å². The quantitative estimate of drug-likeness (QED) is 0.658. The van der Waals surface area contributed by atoms with Crippen LogP contribution in [0.25, 0.3) is 0 Å². The molecule has 1 saturated heterocycles. The van der Waals surface area contributed by atoms with E-state index in [0.717, 1.165) is 0 Å². The van der Waals surface area contributed by atoms with Crippen LogP contribution in [0.4, 0.5) is 16.2 Å². The number of benzene rings is 2. The van der Waals surface area contributed by atoms with E-state index in [1.54, 1.807) is 60.7 Å². The Morgan fingerprint density at radius 2 is 1.04 bits per heavy atom. The van der Waals surface area contributed by atoms with Crippen molar-refractivity contribution < 1.29 is 14.4 Å². The number of carbonyl (C=O) groups is 3. The van der Waals surface area contributed by atoms with Crippen molar-refractivity contribution in [1.82, 2.24) is 10.6 Å². The molecule has 0 aromatic heterocycles. The van der Waals surface area contributed by atoms with Gasteiger partial charge in [0.25, 0.3) is 11.8 Å². The van der Waals surface area contributed by atoms with Gasteiger partial charge >= 0.3 is 11.7 Å². The molecule has 3 rings (SSSR count). The lowest BCUT2D eigenvalue weighted by Crippen LogP contribution is -2.64. The van der Waals surface area contributed by atoms with Crippen LogP contribution >= 0.6 is 0 Å². The average Bonchev–Trinajstić information content (AvgIpc) is 2.62. The molecule has 1 aliphatic heterocycles. The van der Waals surface area contributed by atoms with E-state index in [1.165, 1.54) is 0 Å². The number of rotatable bonds is 4. The van der Waals surface area contributed by atoms with Crippen LogP contribution in [0.1, 0.15) is 0 Å². The Morgan fingerprint density at radius 1 is 0.640 bits per heavy atom. The second-order valence-corrected chi connectivity index (χ2v) is 4.98. The van der Waals surface area contributed by atoms with Gasteiger partial charge in [0.2, 0.25) is 0 Å². The molecule has 124 valence electrons. The van der Waals surface area contributed by atoms with E-state index in [4.69, 9.17) is 0 Å². The second-order valence-electron chi connectivity index (χ2n) is 4.98. The molecule has 1 fully saturated rings. The molecule has 0 unspecified atom stereocenters. The van der Waals surface area contributed by atoms with Gasteiger partial charge in [0, 0.05) is 0 Å². The number of urea groups is 1. The van der Waals surface area contributed by atoms with Crippen LogP contribution in [0.15, 0.2) is 81.1 Å². The summed E-state index contributed by atoms with van der Waals surface area (Å²) in [7, 11) is 0. The Kier molecular flexibility index (Phi) is 4.38. The molecule has 4 amide bonds. The molecule has 2 aromatic rings. The molecule has 9 nitrogen and oxygen atoms in total. The fourth-order valence-corrected chi connectivity index (χ4v) is 1.97. The van der Waals surface area contributed by atoms with Gasteiger partial charge in [-0.1, -0.05) is 36.4 Å². The molecular formula is C16H12N6O3. The fourth-order valence-electron chi connectivity index (χ4n) is 1.97. The summed E-state index contributed by atoms with van der Waals surface area (Å²) in [6.07, 6.45) is 0. The standard InChI is InChI=1S/C16H12N6O3/c23-13-16(14(24)18-15(25)17-13,21-19-11-7-3-1-4-8-11)22-20-12-9-5-2-6-10-12/h1-10H,(H2,17,18,23,24,25). The predicted molar refractivity (Wildman–Crippen MR) is 86.3 cm³/mol. The summed E-state index contributed by atoms with van der Waals surface area (Å²) in [6, 6.07) is 16.0. The van der Waals surface area contributed by atoms with Gasteiger partial charge in [-0.05, 0) is 24.3 Å². The van der Waals surface area contributed by atoms with Crippen LogP contribution in [0, 0.1) is 0 Å². The predicted octanol–water partition coefficient (Wildman–Crippen LogP) is 2.62. The van der Waals surface area contributed by atoms with Crippen molar-refractivity contribution in [3.8, 4) is 0 Å². The molecule has 0 radical (unpaired) electrons. The number of nitrogens with one attached hydrogen (secondary N) is 2. The Labute approximate surface area is 141 Å². The summed E-state index contributed by atoms with van der Waals surface area (Å²) in [6.45, 7) is 0. The van der Waals surface area contributed by atoms with Gasteiger partial charge in [0.15, 0.2) is 0 Å². The van der Waals surface area contributed by atoms with Crippen LogP contribution in [-0.4, -0.2) is 23.5 Å². The maximum Gasteiger partial charge on any atom is 0.345 e. The van der Waals surface area contributed by atoms with Crippen molar-refractivity contribution in [2.75, 3.05) is 0 Å². The van der Waals surface area contributed by atoms with Crippen molar-refractivity contribution in [3.63, 3.8) is 0 Å². The minimum atomic E-state index is -2.32. The number of carbonyl (C=O) groups excluding carboxylic acids is 3. The Hall–Kier alpha value is -3.75. The normalized spacial score (nSPS) is 16.9. The van der Waals surface area contributed by atoms with Crippen LogP contribution in [0.3, 0.4) is 0 Å². The number of hydrogen-bond donors (Lipinski definition) is 2. The SMILES string of the molecule is O=C1NC(=O)C(N=Nc2ccccc2)(N=Nc2ccccc2)C(=O)N1. The molecule has 0 atom stereocenters. The molecule has 0 saturated carbocycles. The van der Waals surface area contributed by atoms with Gasteiger partial charge < -0.3 is 0 Å². The summed E-state index contributed by atoms with van der Waals surface area (Å²) in [4.78, 5) is 35.9. The lowest BCUT2D eigenvalue weighted by Gasteiger charge is -2.24. The van der Waals surface area contributed by atoms with Gasteiger partial charge in [-0.3, -0.25) is 20.2 Å². The van der Waals surface area contributed by atoms with E-state index in [1.807, 2.05) is 10.6 Å². The van der Waals surface area contributed by atoms with Crippen LogP contribution in [0.5, 0.6) is 0 Å².